The fourth-order valence-corrected chi connectivity index (χ4v) is 10.6. The molecule has 0 saturated carbocycles. The van der Waals surface area contributed by atoms with Crippen LogP contribution < -0.4 is 0 Å². The first-order valence-electron chi connectivity index (χ1n) is 18.8. The molecular formula is C51H33NOS. The SMILES string of the molecule is c1ccc2c(c1)-c1cc(-c3ccc4c(c3)c3ccccc3n4-c3cccc4c3sc3ccccc34)ccc1[C@H]2CCc1cccc2c1oc1ccccc12. The van der Waals surface area contributed by atoms with E-state index in [0.717, 1.165) is 24.0 Å². The number of aromatic nitrogens is 1. The maximum atomic E-state index is 6.42. The molecule has 3 heteroatoms. The normalized spacial score (nSPS) is 13.9. The predicted molar refractivity (Wildman–Crippen MR) is 228 cm³/mol. The third-order valence-electron chi connectivity index (χ3n) is 11.9. The van der Waals surface area contributed by atoms with Crippen molar-refractivity contribution in [1.82, 2.24) is 4.57 Å². The Hall–Kier alpha value is -6.42. The Morgan fingerprint density at radius 3 is 2.17 bits per heavy atom. The van der Waals surface area contributed by atoms with Crippen LogP contribution in [0.1, 0.15) is 29.0 Å². The zero-order valence-corrected chi connectivity index (χ0v) is 30.2. The second-order valence-electron chi connectivity index (χ2n) is 14.7. The summed E-state index contributed by atoms with van der Waals surface area (Å²) in [6, 6.07) is 62.6. The minimum absolute atomic E-state index is 0.335. The van der Waals surface area contributed by atoms with Crippen molar-refractivity contribution in [3.05, 3.63) is 187 Å². The Balaban J connectivity index is 0.949. The van der Waals surface area contributed by atoms with E-state index in [1.165, 1.54) is 97.4 Å². The summed E-state index contributed by atoms with van der Waals surface area (Å²) in [7, 11) is 0. The van der Waals surface area contributed by atoms with Crippen molar-refractivity contribution >= 4 is 75.3 Å². The number of benzene rings is 8. The van der Waals surface area contributed by atoms with Gasteiger partial charge in [-0.05, 0) is 94.3 Å². The molecule has 1 atom stereocenters. The van der Waals surface area contributed by atoms with E-state index < -0.39 is 0 Å². The van der Waals surface area contributed by atoms with Crippen molar-refractivity contribution in [2.24, 2.45) is 0 Å². The van der Waals surface area contributed by atoms with Gasteiger partial charge in [-0.2, -0.15) is 0 Å². The molecule has 3 aromatic heterocycles. The lowest BCUT2D eigenvalue weighted by Gasteiger charge is -2.14. The third kappa shape index (κ3) is 4.33. The largest absolute Gasteiger partial charge is 0.456 e. The van der Waals surface area contributed by atoms with Crippen molar-refractivity contribution in [2.45, 2.75) is 18.8 Å². The summed E-state index contributed by atoms with van der Waals surface area (Å²) in [6.45, 7) is 0. The van der Waals surface area contributed by atoms with E-state index in [9.17, 15) is 0 Å². The molecule has 0 unspecified atom stereocenters. The number of para-hydroxylation sites is 3. The lowest BCUT2D eigenvalue weighted by atomic mass is 9.89. The monoisotopic (exact) mass is 707 g/mol. The van der Waals surface area contributed by atoms with Crippen LogP contribution in [0.25, 0.3) is 91.9 Å². The van der Waals surface area contributed by atoms with Crippen LogP contribution in [0.4, 0.5) is 0 Å². The molecule has 54 heavy (non-hydrogen) atoms. The number of hydrogen-bond acceptors (Lipinski definition) is 2. The van der Waals surface area contributed by atoms with Crippen LogP contribution in [0, 0.1) is 0 Å². The standard InChI is InChI=1S/C51H33NOS/c1-2-13-35-34(12-1)36(26-23-31-11-9-17-41-39-15-4-7-21-48(39)53-50(31)41)37-27-24-32(29-43(35)37)33-25-28-46-44(30-33)38-14-3-6-19-45(38)52(46)47-20-10-18-42-40-16-5-8-22-49(40)54-51(42)47/h1-22,24-25,27-30,36H,23,26H2/t36-/m0/s1. The lowest BCUT2D eigenvalue weighted by Crippen LogP contribution is -1.99. The van der Waals surface area contributed by atoms with Gasteiger partial charge in [0.25, 0.3) is 0 Å². The minimum Gasteiger partial charge on any atom is -0.456 e. The fraction of sp³-hybridized carbons (Fsp3) is 0.0588. The van der Waals surface area contributed by atoms with Crippen LogP contribution in [0.5, 0.6) is 0 Å². The molecule has 0 bridgehead atoms. The summed E-state index contributed by atoms with van der Waals surface area (Å²) in [5, 5.41) is 7.59. The zero-order valence-electron chi connectivity index (χ0n) is 29.4. The van der Waals surface area contributed by atoms with Crippen molar-refractivity contribution in [3.8, 4) is 27.9 Å². The zero-order chi connectivity index (χ0) is 35.3. The molecule has 2 nitrogen and oxygen atoms in total. The first-order valence-corrected chi connectivity index (χ1v) is 19.7. The summed E-state index contributed by atoms with van der Waals surface area (Å²) in [5.41, 5.74) is 15.0. The topological polar surface area (TPSA) is 18.1 Å². The quantitative estimate of drug-likeness (QED) is 0.174. The van der Waals surface area contributed by atoms with E-state index >= 15 is 0 Å². The van der Waals surface area contributed by atoms with E-state index in [-0.39, 0.29) is 0 Å². The molecule has 0 amide bonds. The van der Waals surface area contributed by atoms with Gasteiger partial charge < -0.3 is 8.98 Å². The van der Waals surface area contributed by atoms with Crippen LogP contribution in [0.15, 0.2) is 174 Å². The second-order valence-corrected chi connectivity index (χ2v) is 15.8. The molecule has 0 fully saturated rings. The number of nitrogens with zero attached hydrogens (tertiary/aromatic N) is 1. The summed E-state index contributed by atoms with van der Waals surface area (Å²) in [6.07, 6.45) is 1.98. The maximum absolute atomic E-state index is 6.42. The summed E-state index contributed by atoms with van der Waals surface area (Å²) in [5.74, 6) is 0.335. The highest BCUT2D eigenvalue weighted by Crippen LogP contribution is 2.49. The van der Waals surface area contributed by atoms with E-state index in [1.54, 1.807) is 0 Å². The minimum atomic E-state index is 0.335. The highest BCUT2D eigenvalue weighted by molar-refractivity contribution is 7.26. The van der Waals surface area contributed by atoms with Crippen LogP contribution in [-0.4, -0.2) is 4.57 Å². The highest BCUT2D eigenvalue weighted by Gasteiger charge is 2.29. The molecule has 0 radical (unpaired) electrons. The van der Waals surface area contributed by atoms with Crippen molar-refractivity contribution in [1.29, 1.82) is 0 Å². The lowest BCUT2D eigenvalue weighted by molar-refractivity contribution is 0.654. The molecule has 11 aromatic rings. The molecule has 0 spiro atoms. The average molecular weight is 708 g/mol. The van der Waals surface area contributed by atoms with Gasteiger partial charge in [0, 0.05) is 42.9 Å². The van der Waals surface area contributed by atoms with Crippen molar-refractivity contribution in [3.63, 3.8) is 0 Å². The molecule has 0 aliphatic heterocycles. The van der Waals surface area contributed by atoms with Gasteiger partial charge in [-0.1, -0.05) is 127 Å². The number of thiophene rings is 1. The predicted octanol–water partition coefficient (Wildman–Crippen LogP) is 14.5. The Bertz CT molecular complexity index is 3300. The third-order valence-corrected chi connectivity index (χ3v) is 13.1. The molecule has 8 aromatic carbocycles. The van der Waals surface area contributed by atoms with E-state index in [1.807, 2.05) is 11.3 Å². The Kier molecular flexibility index (Phi) is 6.43. The van der Waals surface area contributed by atoms with Gasteiger partial charge >= 0.3 is 0 Å². The highest BCUT2D eigenvalue weighted by atomic mass is 32.1. The summed E-state index contributed by atoms with van der Waals surface area (Å²) >= 11 is 1.89. The first-order chi connectivity index (χ1) is 26.8. The second kappa shape index (κ2) is 11.5. The molecule has 254 valence electrons. The molecule has 0 N–H and O–H groups in total. The number of furan rings is 1. The van der Waals surface area contributed by atoms with Gasteiger partial charge in [0.05, 0.1) is 21.4 Å². The van der Waals surface area contributed by atoms with Gasteiger partial charge in [-0.25, -0.2) is 0 Å². The van der Waals surface area contributed by atoms with Crippen LogP contribution in [0.2, 0.25) is 0 Å². The Labute approximate surface area is 316 Å². The average Bonchev–Trinajstić information content (AvgIpc) is 3.98. The van der Waals surface area contributed by atoms with Crippen LogP contribution in [0.3, 0.4) is 0 Å². The summed E-state index contributed by atoms with van der Waals surface area (Å²) in [4.78, 5) is 0. The van der Waals surface area contributed by atoms with Gasteiger partial charge in [0.1, 0.15) is 11.2 Å². The first kappa shape index (κ1) is 30.1. The number of aryl methyl sites for hydroxylation is 1. The molecule has 1 aliphatic rings. The van der Waals surface area contributed by atoms with Crippen molar-refractivity contribution < 1.29 is 4.42 Å². The Morgan fingerprint density at radius 2 is 1.20 bits per heavy atom. The maximum Gasteiger partial charge on any atom is 0.138 e. The van der Waals surface area contributed by atoms with Crippen molar-refractivity contribution in [2.75, 3.05) is 0 Å². The molecule has 1 aliphatic carbocycles. The smallest absolute Gasteiger partial charge is 0.138 e. The van der Waals surface area contributed by atoms with E-state index in [0.29, 0.717) is 5.92 Å². The summed E-state index contributed by atoms with van der Waals surface area (Å²) < 4.78 is 11.5. The van der Waals surface area contributed by atoms with Crippen LogP contribution >= 0.6 is 11.3 Å². The fourth-order valence-electron chi connectivity index (χ4n) is 9.42. The van der Waals surface area contributed by atoms with E-state index in [2.05, 4.69) is 174 Å². The van der Waals surface area contributed by atoms with Gasteiger partial charge in [-0.15, -0.1) is 11.3 Å². The van der Waals surface area contributed by atoms with Gasteiger partial charge in [-0.3, -0.25) is 0 Å². The number of hydrogen-bond donors (Lipinski definition) is 0. The Morgan fingerprint density at radius 1 is 0.500 bits per heavy atom. The van der Waals surface area contributed by atoms with Gasteiger partial charge in [0.15, 0.2) is 0 Å². The van der Waals surface area contributed by atoms with E-state index in [4.69, 9.17) is 4.42 Å². The molecule has 0 saturated heterocycles. The number of fused-ring (bicyclic) bond motifs is 12. The molecule has 3 heterocycles. The molecular weight excluding hydrogens is 675 g/mol. The van der Waals surface area contributed by atoms with Gasteiger partial charge in [0.2, 0.25) is 0 Å². The number of rotatable bonds is 5. The van der Waals surface area contributed by atoms with Crippen LogP contribution in [-0.2, 0) is 6.42 Å². The molecule has 12 rings (SSSR count).